The number of hydrogen-bond acceptors (Lipinski definition) is 7. The Hall–Kier alpha value is -3.56. The molecule has 1 N–H and O–H groups in total. The van der Waals surface area contributed by atoms with Gasteiger partial charge in [0.25, 0.3) is 0 Å². The molecule has 0 unspecified atom stereocenters. The Kier molecular flexibility index (Phi) is 7.36. The van der Waals surface area contributed by atoms with Gasteiger partial charge in [-0.2, -0.15) is 5.10 Å². The minimum Gasteiger partial charge on any atom is -0.483 e. The van der Waals surface area contributed by atoms with Crippen molar-refractivity contribution in [2.45, 2.75) is 49.7 Å². The van der Waals surface area contributed by atoms with Gasteiger partial charge in [0, 0.05) is 34.5 Å². The number of carbonyl (C=O) groups excluding carboxylic acids is 1. The van der Waals surface area contributed by atoms with Gasteiger partial charge in [0.05, 0.1) is 28.3 Å². The lowest BCUT2D eigenvalue weighted by atomic mass is 9.65. The van der Waals surface area contributed by atoms with Gasteiger partial charge in [0.2, 0.25) is 0 Å². The summed E-state index contributed by atoms with van der Waals surface area (Å²) in [6.45, 7) is 0.218. The zero-order valence-electron chi connectivity index (χ0n) is 23.9. The van der Waals surface area contributed by atoms with E-state index in [4.69, 9.17) is 48.8 Å². The molecule has 2 fully saturated rings. The standard InChI is InChI=1S/C33H28Cl3N3O5/c1-39-26-13-19(9-10-21(26)28(37-39)32(40)42-2)20-14-33(41,15-20)22-11-6-17(12-25(22)36)16-43-31-29(38-44-30(31)18-7-8-18)27-23(34)4-3-5-24(27)35/h3-6,9-13,18,20,41H,7-8,14-16H2,1-2H3. The van der Waals surface area contributed by atoms with Crippen molar-refractivity contribution in [3.63, 3.8) is 0 Å². The molecule has 7 rings (SSSR count). The number of esters is 1. The quantitative estimate of drug-likeness (QED) is 0.169. The van der Waals surface area contributed by atoms with E-state index >= 15 is 0 Å². The van der Waals surface area contributed by atoms with Crippen molar-refractivity contribution < 1.29 is 23.9 Å². The maximum Gasteiger partial charge on any atom is 0.359 e. The summed E-state index contributed by atoms with van der Waals surface area (Å²) in [6.07, 6.45) is 3.05. The van der Waals surface area contributed by atoms with Crippen molar-refractivity contribution >= 4 is 51.7 Å². The summed E-state index contributed by atoms with van der Waals surface area (Å²) in [5.74, 6) is 1.14. The summed E-state index contributed by atoms with van der Waals surface area (Å²) in [5, 5.41) is 22.2. The van der Waals surface area contributed by atoms with Crippen LogP contribution in [0.4, 0.5) is 0 Å². The molecule has 2 aliphatic rings. The number of halogens is 3. The first-order valence-electron chi connectivity index (χ1n) is 14.3. The van der Waals surface area contributed by atoms with Crippen LogP contribution in [0.1, 0.15) is 70.5 Å². The first-order valence-corrected chi connectivity index (χ1v) is 15.4. The molecule has 226 valence electrons. The molecule has 2 saturated carbocycles. The molecule has 0 spiro atoms. The van der Waals surface area contributed by atoms with Gasteiger partial charge in [-0.05, 0) is 67.0 Å². The van der Waals surface area contributed by atoms with Gasteiger partial charge in [-0.15, -0.1) is 0 Å². The Morgan fingerprint density at radius 2 is 1.80 bits per heavy atom. The number of nitrogens with zero attached hydrogens (tertiary/aromatic N) is 3. The Bertz CT molecular complexity index is 1900. The van der Waals surface area contributed by atoms with Crippen LogP contribution in [-0.2, 0) is 24.0 Å². The molecule has 0 radical (unpaired) electrons. The third-order valence-corrected chi connectivity index (χ3v) is 9.58. The first kappa shape index (κ1) is 29.2. The topological polar surface area (TPSA) is 99.6 Å². The number of methoxy groups -OCH3 is 1. The highest BCUT2D eigenvalue weighted by molar-refractivity contribution is 6.39. The number of aliphatic hydroxyl groups is 1. The van der Waals surface area contributed by atoms with Crippen LogP contribution in [0.3, 0.4) is 0 Å². The Morgan fingerprint density at radius 3 is 2.48 bits per heavy atom. The monoisotopic (exact) mass is 651 g/mol. The minimum atomic E-state index is -1.05. The normalized spacial score (nSPS) is 19.6. The number of rotatable bonds is 8. The molecule has 0 atom stereocenters. The highest BCUT2D eigenvalue weighted by Crippen LogP contribution is 2.53. The van der Waals surface area contributed by atoms with E-state index in [-0.39, 0.29) is 24.1 Å². The average Bonchev–Trinajstić information content (AvgIpc) is 3.67. The second kappa shape index (κ2) is 11.1. The van der Waals surface area contributed by atoms with Crippen molar-refractivity contribution in [1.29, 1.82) is 0 Å². The van der Waals surface area contributed by atoms with Crippen molar-refractivity contribution in [3.05, 3.63) is 97.8 Å². The van der Waals surface area contributed by atoms with E-state index in [1.54, 1.807) is 29.9 Å². The predicted molar refractivity (Wildman–Crippen MR) is 168 cm³/mol. The number of ether oxygens (including phenoxy) is 2. The zero-order valence-corrected chi connectivity index (χ0v) is 26.2. The Morgan fingerprint density at radius 1 is 1.05 bits per heavy atom. The number of hydrogen-bond donors (Lipinski definition) is 1. The van der Waals surface area contributed by atoms with Crippen LogP contribution < -0.4 is 4.74 Å². The SMILES string of the molecule is COC(=O)c1nn(C)c2cc(C3CC(O)(c4ccc(COc5c(-c6c(Cl)cccc6Cl)noc5C5CC5)cc4Cl)C3)ccc12. The molecule has 2 aromatic heterocycles. The van der Waals surface area contributed by atoms with Gasteiger partial charge in [0.1, 0.15) is 6.61 Å². The van der Waals surface area contributed by atoms with Crippen LogP contribution >= 0.6 is 34.8 Å². The number of carbonyl (C=O) groups is 1. The van der Waals surface area contributed by atoms with Crippen LogP contribution in [0.5, 0.6) is 5.75 Å². The smallest absolute Gasteiger partial charge is 0.359 e. The molecular weight excluding hydrogens is 625 g/mol. The molecule has 2 heterocycles. The lowest BCUT2D eigenvalue weighted by Crippen LogP contribution is -2.40. The minimum absolute atomic E-state index is 0.129. The third-order valence-electron chi connectivity index (χ3n) is 8.63. The van der Waals surface area contributed by atoms with Gasteiger partial charge in [-0.1, -0.05) is 70.3 Å². The van der Waals surface area contributed by atoms with Gasteiger partial charge < -0.3 is 19.1 Å². The largest absolute Gasteiger partial charge is 0.483 e. The predicted octanol–water partition coefficient (Wildman–Crippen LogP) is 8.20. The van der Waals surface area contributed by atoms with Gasteiger partial charge in [0.15, 0.2) is 22.9 Å². The molecule has 3 aromatic carbocycles. The highest BCUT2D eigenvalue weighted by Gasteiger charge is 2.46. The first-order chi connectivity index (χ1) is 21.2. The summed E-state index contributed by atoms with van der Waals surface area (Å²) in [7, 11) is 3.14. The second-order valence-electron chi connectivity index (χ2n) is 11.6. The highest BCUT2D eigenvalue weighted by atomic mass is 35.5. The lowest BCUT2D eigenvalue weighted by Gasteiger charge is -2.44. The van der Waals surface area contributed by atoms with E-state index in [9.17, 15) is 9.90 Å². The lowest BCUT2D eigenvalue weighted by molar-refractivity contribution is -0.0549. The number of benzene rings is 3. The molecule has 5 aromatic rings. The van der Waals surface area contributed by atoms with Crippen LogP contribution in [0.25, 0.3) is 22.2 Å². The average molecular weight is 653 g/mol. The zero-order chi connectivity index (χ0) is 30.7. The van der Waals surface area contributed by atoms with Crippen LogP contribution in [0.2, 0.25) is 15.1 Å². The van der Waals surface area contributed by atoms with E-state index in [0.717, 1.165) is 34.9 Å². The summed E-state index contributed by atoms with van der Waals surface area (Å²) in [4.78, 5) is 12.1. The second-order valence-corrected chi connectivity index (χ2v) is 12.8. The summed E-state index contributed by atoms with van der Waals surface area (Å²) >= 11 is 19.7. The van der Waals surface area contributed by atoms with Crippen LogP contribution in [0.15, 0.2) is 59.1 Å². The summed E-state index contributed by atoms with van der Waals surface area (Å²) in [6, 6.07) is 16.8. The van der Waals surface area contributed by atoms with E-state index in [2.05, 4.69) is 10.3 Å². The number of aromatic nitrogens is 3. The fraction of sp³-hybridized carbons (Fsp3) is 0.303. The molecule has 2 aliphatic carbocycles. The molecule has 11 heteroatoms. The van der Waals surface area contributed by atoms with Gasteiger partial charge >= 0.3 is 5.97 Å². The Balaban J connectivity index is 1.08. The van der Waals surface area contributed by atoms with Crippen molar-refractivity contribution in [2.24, 2.45) is 7.05 Å². The molecule has 8 nitrogen and oxygen atoms in total. The molecule has 44 heavy (non-hydrogen) atoms. The maximum absolute atomic E-state index is 12.1. The molecule has 0 amide bonds. The molecular formula is C33H28Cl3N3O5. The van der Waals surface area contributed by atoms with E-state index in [1.165, 1.54) is 7.11 Å². The van der Waals surface area contributed by atoms with Crippen molar-refractivity contribution in [3.8, 4) is 17.0 Å². The van der Waals surface area contributed by atoms with Crippen molar-refractivity contribution in [2.75, 3.05) is 7.11 Å². The number of fused-ring (bicyclic) bond motifs is 1. The maximum atomic E-state index is 12.1. The third kappa shape index (κ3) is 5.04. The fourth-order valence-electron chi connectivity index (χ4n) is 6.09. The van der Waals surface area contributed by atoms with Crippen LogP contribution in [0, 0.1) is 0 Å². The van der Waals surface area contributed by atoms with Crippen LogP contribution in [-0.4, -0.2) is 33.1 Å². The molecule has 0 aliphatic heterocycles. The van der Waals surface area contributed by atoms with E-state index < -0.39 is 11.6 Å². The van der Waals surface area contributed by atoms with E-state index in [0.29, 0.717) is 56.2 Å². The van der Waals surface area contributed by atoms with Crippen molar-refractivity contribution in [1.82, 2.24) is 14.9 Å². The summed E-state index contributed by atoms with van der Waals surface area (Å²) < 4.78 is 18.5. The molecule has 0 bridgehead atoms. The fourth-order valence-corrected chi connectivity index (χ4v) is 7.05. The van der Waals surface area contributed by atoms with E-state index in [1.807, 2.05) is 36.4 Å². The number of aryl methyl sites for hydroxylation is 1. The van der Waals surface area contributed by atoms with Gasteiger partial charge in [-0.25, -0.2) is 4.79 Å². The Labute approximate surface area is 268 Å². The van der Waals surface area contributed by atoms with Gasteiger partial charge in [-0.3, -0.25) is 4.68 Å². The summed E-state index contributed by atoms with van der Waals surface area (Å²) in [5.41, 5.74) is 3.70. The molecule has 0 saturated heterocycles.